The van der Waals surface area contributed by atoms with E-state index in [9.17, 15) is 9.90 Å². The first kappa shape index (κ1) is 11.0. The summed E-state index contributed by atoms with van der Waals surface area (Å²) in [5, 5.41) is 9.25. The molecule has 1 N–H and O–H groups in total. The Bertz CT molecular complexity index is 309. The van der Waals surface area contributed by atoms with Crippen LogP contribution in [0.5, 0.6) is 5.75 Å². The molecule has 1 rings (SSSR count). The normalized spacial score (nSPS) is 12.2. The molecule has 0 fully saturated rings. The van der Waals surface area contributed by atoms with Crippen LogP contribution in [0.1, 0.15) is 11.9 Å². The van der Waals surface area contributed by atoms with Crippen molar-refractivity contribution in [2.75, 3.05) is 7.11 Å². The maximum absolute atomic E-state index is 10.4. The zero-order chi connectivity index (χ0) is 10.6. The first-order chi connectivity index (χ1) is 6.63. The lowest BCUT2D eigenvalue weighted by molar-refractivity contribution is -0.0769. The highest BCUT2D eigenvalue weighted by molar-refractivity contribution is 6.61. The second-order valence-electron chi connectivity index (χ2n) is 2.50. The van der Waals surface area contributed by atoms with Crippen molar-refractivity contribution < 1.29 is 19.4 Å². The van der Waals surface area contributed by atoms with Gasteiger partial charge in [-0.05, 0) is 12.1 Å². The molecule has 0 heterocycles. The third-order valence-electron chi connectivity index (χ3n) is 1.59. The van der Waals surface area contributed by atoms with Crippen molar-refractivity contribution in [3.05, 3.63) is 29.8 Å². The summed E-state index contributed by atoms with van der Waals surface area (Å²) in [7, 11) is 1.39. The lowest BCUT2D eigenvalue weighted by atomic mass is 10.2. The number of rotatable bonds is 3. The first-order valence-electron chi connectivity index (χ1n) is 3.81. The quantitative estimate of drug-likeness (QED) is 0.621. The Balaban J connectivity index is 2.73. The summed E-state index contributed by atoms with van der Waals surface area (Å²) in [5.74, 6) is 0.317. The standard InChI is InChI=1S/C9H9ClO4/c1-13-8(11)6-2-4-7(5-3-6)14-9(10)12/h2-5,8,11H,1H3. The molecule has 76 valence electrons. The van der Waals surface area contributed by atoms with Crippen LogP contribution in [0.3, 0.4) is 0 Å². The molecule has 14 heavy (non-hydrogen) atoms. The minimum atomic E-state index is -0.976. The summed E-state index contributed by atoms with van der Waals surface area (Å²) >= 11 is 5.01. The maximum Gasteiger partial charge on any atom is 0.409 e. The highest BCUT2D eigenvalue weighted by atomic mass is 35.5. The monoisotopic (exact) mass is 216 g/mol. The molecule has 1 aromatic rings. The Morgan fingerprint density at radius 3 is 2.43 bits per heavy atom. The highest BCUT2D eigenvalue weighted by Crippen LogP contribution is 2.18. The average Bonchev–Trinajstić information content (AvgIpc) is 2.17. The third kappa shape index (κ3) is 2.99. The van der Waals surface area contributed by atoms with E-state index in [1.165, 1.54) is 19.2 Å². The summed E-state index contributed by atoms with van der Waals surface area (Å²) in [6.07, 6.45) is -0.976. The van der Waals surface area contributed by atoms with Crippen LogP contribution in [0.2, 0.25) is 0 Å². The second-order valence-corrected chi connectivity index (χ2v) is 2.81. The van der Waals surface area contributed by atoms with Crippen molar-refractivity contribution in [1.29, 1.82) is 0 Å². The molecular weight excluding hydrogens is 208 g/mol. The average molecular weight is 217 g/mol. The number of carbonyl (C=O) groups is 1. The maximum atomic E-state index is 10.4. The molecule has 0 aliphatic heterocycles. The number of hydrogen-bond donors (Lipinski definition) is 1. The van der Waals surface area contributed by atoms with Gasteiger partial charge in [-0.15, -0.1) is 0 Å². The van der Waals surface area contributed by atoms with Gasteiger partial charge in [0.2, 0.25) is 0 Å². The van der Waals surface area contributed by atoms with E-state index in [-0.39, 0.29) is 0 Å². The molecule has 0 spiro atoms. The van der Waals surface area contributed by atoms with E-state index in [0.29, 0.717) is 11.3 Å². The van der Waals surface area contributed by atoms with E-state index in [1.54, 1.807) is 12.1 Å². The van der Waals surface area contributed by atoms with Gasteiger partial charge in [-0.25, -0.2) is 4.79 Å². The van der Waals surface area contributed by atoms with Crippen molar-refractivity contribution in [3.63, 3.8) is 0 Å². The molecule has 0 amide bonds. The third-order valence-corrected chi connectivity index (χ3v) is 1.66. The summed E-state index contributed by atoms with van der Waals surface area (Å²) in [6, 6.07) is 6.17. The Morgan fingerprint density at radius 1 is 1.43 bits per heavy atom. The SMILES string of the molecule is COC(O)c1ccc(OC(=O)Cl)cc1. The van der Waals surface area contributed by atoms with E-state index in [1.807, 2.05) is 0 Å². The number of methoxy groups -OCH3 is 1. The van der Waals surface area contributed by atoms with Crippen molar-refractivity contribution >= 4 is 17.0 Å². The van der Waals surface area contributed by atoms with Gasteiger partial charge in [-0.2, -0.15) is 0 Å². The first-order valence-corrected chi connectivity index (χ1v) is 4.19. The Kier molecular flexibility index (Phi) is 3.88. The van der Waals surface area contributed by atoms with Gasteiger partial charge in [0.25, 0.3) is 0 Å². The lowest BCUT2D eigenvalue weighted by Crippen LogP contribution is -2.00. The Labute approximate surface area is 86.0 Å². The fourth-order valence-electron chi connectivity index (χ4n) is 0.929. The number of hydrogen-bond acceptors (Lipinski definition) is 4. The zero-order valence-corrected chi connectivity index (χ0v) is 8.19. The van der Waals surface area contributed by atoms with Gasteiger partial charge in [0.05, 0.1) is 0 Å². The van der Waals surface area contributed by atoms with Crippen LogP contribution in [0.4, 0.5) is 4.79 Å². The largest absolute Gasteiger partial charge is 0.415 e. The summed E-state index contributed by atoms with van der Waals surface area (Å²) < 4.78 is 9.27. The van der Waals surface area contributed by atoms with Crippen molar-refractivity contribution in [1.82, 2.24) is 0 Å². The van der Waals surface area contributed by atoms with Crippen LogP contribution in [0, 0.1) is 0 Å². The van der Waals surface area contributed by atoms with Crippen molar-refractivity contribution in [2.24, 2.45) is 0 Å². The fraction of sp³-hybridized carbons (Fsp3) is 0.222. The molecule has 0 bridgehead atoms. The second kappa shape index (κ2) is 4.95. The van der Waals surface area contributed by atoms with Crippen LogP contribution in [0.25, 0.3) is 0 Å². The molecule has 0 saturated carbocycles. The van der Waals surface area contributed by atoms with Gasteiger partial charge < -0.3 is 14.6 Å². The molecule has 0 aliphatic rings. The van der Waals surface area contributed by atoms with Gasteiger partial charge in [-0.1, -0.05) is 12.1 Å². The minimum Gasteiger partial charge on any atom is -0.415 e. The molecule has 1 aromatic carbocycles. The summed E-state index contributed by atoms with van der Waals surface area (Å²) in [5.41, 5.74) is -0.327. The highest BCUT2D eigenvalue weighted by Gasteiger charge is 2.05. The van der Waals surface area contributed by atoms with Crippen LogP contribution in [0.15, 0.2) is 24.3 Å². The molecule has 5 heteroatoms. The van der Waals surface area contributed by atoms with Gasteiger partial charge in [0, 0.05) is 24.3 Å². The van der Waals surface area contributed by atoms with Gasteiger partial charge in [0.15, 0.2) is 6.29 Å². The predicted molar refractivity (Wildman–Crippen MR) is 50.3 cm³/mol. The van der Waals surface area contributed by atoms with Gasteiger partial charge >= 0.3 is 5.43 Å². The molecular formula is C9H9ClO4. The van der Waals surface area contributed by atoms with Gasteiger partial charge in [-0.3, -0.25) is 0 Å². The number of halogens is 1. The molecule has 0 aromatic heterocycles. The molecule has 1 unspecified atom stereocenters. The van der Waals surface area contributed by atoms with Crippen LogP contribution >= 0.6 is 11.6 Å². The number of aliphatic hydroxyl groups excluding tert-OH is 1. The Hall–Kier alpha value is -1.10. The van der Waals surface area contributed by atoms with Crippen molar-refractivity contribution in [2.45, 2.75) is 6.29 Å². The van der Waals surface area contributed by atoms with Crippen LogP contribution in [-0.2, 0) is 4.74 Å². The smallest absolute Gasteiger partial charge is 0.409 e. The van der Waals surface area contributed by atoms with E-state index in [2.05, 4.69) is 9.47 Å². The van der Waals surface area contributed by atoms with Gasteiger partial charge in [0.1, 0.15) is 5.75 Å². The topological polar surface area (TPSA) is 55.8 Å². The molecule has 1 atom stereocenters. The summed E-state index contributed by atoms with van der Waals surface area (Å²) in [6.45, 7) is 0. The number of aliphatic hydroxyl groups is 1. The van der Waals surface area contributed by atoms with E-state index in [0.717, 1.165) is 0 Å². The molecule has 4 nitrogen and oxygen atoms in total. The number of carbonyl (C=O) groups excluding carboxylic acids is 1. The Morgan fingerprint density at radius 2 is 2.00 bits per heavy atom. The zero-order valence-electron chi connectivity index (χ0n) is 7.44. The number of benzene rings is 1. The van der Waals surface area contributed by atoms with Crippen LogP contribution in [-0.4, -0.2) is 17.6 Å². The van der Waals surface area contributed by atoms with E-state index >= 15 is 0 Å². The van der Waals surface area contributed by atoms with Crippen molar-refractivity contribution in [3.8, 4) is 5.75 Å². The lowest BCUT2D eigenvalue weighted by Gasteiger charge is -2.08. The molecule has 0 saturated heterocycles. The fourth-order valence-corrected chi connectivity index (χ4v) is 1.02. The van der Waals surface area contributed by atoms with Crippen LogP contribution < -0.4 is 4.74 Å². The molecule has 0 aliphatic carbocycles. The number of ether oxygens (including phenoxy) is 2. The minimum absolute atomic E-state index is 0.317. The predicted octanol–water partition coefficient (Wildman–Crippen LogP) is 2.06. The molecule has 0 radical (unpaired) electrons. The van der Waals surface area contributed by atoms with E-state index in [4.69, 9.17) is 11.6 Å². The summed E-state index contributed by atoms with van der Waals surface area (Å²) in [4.78, 5) is 10.4. The van der Waals surface area contributed by atoms with E-state index < -0.39 is 11.7 Å².